The maximum atomic E-state index is 12.4. The van der Waals surface area contributed by atoms with Crippen molar-refractivity contribution in [1.82, 2.24) is 0 Å². The number of amides is 2. The molecular weight excluding hydrogens is 436 g/mol. The molecule has 3 rings (SSSR count). The van der Waals surface area contributed by atoms with E-state index in [0.717, 1.165) is 26.9 Å². The molecule has 0 aliphatic carbocycles. The van der Waals surface area contributed by atoms with E-state index in [9.17, 15) is 14.4 Å². The molecule has 2 aromatic carbocycles. The van der Waals surface area contributed by atoms with Crippen molar-refractivity contribution in [2.45, 2.75) is 27.2 Å². The van der Waals surface area contributed by atoms with E-state index in [1.165, 1.54) is 0 Å². The molecule has 0 spiro atoms. The molecule has 7 heteroatoms. The zero-order chi connectivity index (χ0) is 21.1. The predicted molar refractivity (Wildman–Crippen MR) is 115 cm³/mol. The Morgan fingerprint density at radius 1 is 1.17 bits per heavy atom. The van der Waals surface area contributed by atoms with Gasteiger partial charge in [-0.2, -0.15) is 0 Å². The summed E-state index contributed by atoms with van der Waals surface area (Å²) in [4.78, 5) is 38.5. The second kappa shape index (κ2) is 8.78. The van der Waals surface area contributed by atoms with E-state index in [4.69, 9.17) is 4.74 Å². The van der Waals surface area contributed by atoms with E-state index >= 15 is 0 Å². The van der Waals surface area contributed by atoms with Gasteiger partial charge in [0, 0.05) is 28.8 Å². The third kappa shape index (κ3) is 4.85. The van der Waals surface area contributed by atoms with E-state index in [1.54, 1.807) is 11.0 Å². The van der Waals surface area contributed by atoms with Crippen molar-refractivity contribution in [2.24, 2.45) is 5.92 Å². The number of rotatable bonds is 5. The summed E-state index contributed by atoms with van der Waals surface area (Å²) in [6, 6.07) is 11.2. The molecule has 1 N–H and O–H groups in total. The summed E-state index contributed by atoms with van der Waals surface area (Å²) in [6.07, 6.45) is 0.0831. The fourth-order valence-corrected chi connectivity index (χ4v) is 3.55. The average Bonchev–Trinajstić information content (AvgIpc) is 3.06. The highest BCUT2D eigenvalue weighted by molar-refractivity contribution is 9.10. The van der Waals surface area contributed by atoms with E-state index in [0.29, 0.717) is 5.69 Å². The fourth-order valence-electron chi connectivity index (χ4n) is 3.30. The van der Waals surface area contributed by atoms with Gasteiger partial charge >= 0.3 is 5.97 Å². The number of halogens is 1. The molecule has 0 saturated carbocycles. The van der Waals surface area contributed by atoms with Gasteiger partial charge in [-0.25, -0.2) is 0 Å². The number of aryl methyl sites for hydroxylation is 2. The van der Waals surface area contributed by atoms with Gasteiger partial charge in [0.1, 0.15) is 0 Å². The van der Waals surface area contributed by atoms with Gasteiger partial charge in [-0.15, -0.1) is 0 Å². The van der Waals surface area contributed by atoms with Gasteiger partial charge in [-0.05, 0) is 61.7 Å². The highest BCUT2D eigenvalue weighted by atomic mass is 79.9. The van der Waals surface area contributed by atoms with Crippen LogP contribution in [0.15, 0.2) is 40.9 Å². The first-order valence-electron chi connectivity index (χ1n) is 9.35. The number of benzene rings is 2. The lowest BCUT2D eigenvalue weighted by molar-refractivity contribution is -0.151. The van der Waals surface area contributed by atoms with Crippen LogP contribution >= 0.6 is 15.9 Å². The normalized spacial score (nSPS) is 16.1. The molecule has 0 aromatic heterocycles. The number of nitrogens with one attached hydrogen (secondary N) is 1. The molecule has 1 fully saturated rings. The van der Waals surface area contributed by atoms with Crippen LogP contribution in [-0.4, -0.2) is 30.9 Å². The van der Waals surface area contributed by atoms with Crippen molar-refractivity contribution in [3.63, 3.8) is 0 Å². The Hall–Kier alpha value is -2.67. The molecule has 1 heterocycles. The minimum absolute atomic E-state index is 0.0831. The molecule has 0 unspecified atom stereocenters. The second-order valence-electron chi connectivity index (χ2n) is 7.24. The summed E-state index contributed by atoms with van der Waals surface area (Å²) in [5.41, 5.74) is 4.52. The van der Waals surface area contributed by atoms with Gasteiger partial charge in [0.05, 0.1) is 5.92 Å². The van der Waals surface area contributed by atoms with Crippen LogP contribution in [0, 0.1) is 26.7 Å². The van der Waals surface area contributed by atoms with Crippen LogP contribution in [0.25, 0.3) is 0 Å². The standard InChI is InChI=1S/C22H23BrN2O4/c1-13-5-4-6-19(15(13)3)25-11-16(10-21(25)27)22(28)29-12-20(26)24-17-7-8-18(23)14(2)9-17/h4-9,16H,10-12H2,1-3H3,(H,24,26)/t16-/m1/s1. The number of hydrogen-bond acceptors (Lipinski definition) is 4. The molecule has 2 amide bonds. The van der Waals surface area contributed by atoms with E-state index < -0.39 is 17.8 Å². The van der Waals surface area contributed by atoms with E-state index in [2.05, 4.69) is 21.2 Å². The molecule has 1 aliphatic rings. The maximum Gasteiger partial charge on any atom is 0.311 e. The zero-order valence-electron chi connectivity index (χ0n) is 16.6. The summed E-state index contributed by atoms with van der Waals surface area (Å²) in [6.45, 7) is 5.73. The molecular formula is C22H23BrN2O4. The van der Waals surface area contributed by atoms with Crippen LogP contribution in [0.3, 0.4) is 0 Å². The van der Waals surface area contributed by atoms with Crippen molar-refractivity contribution in [1.29, 1.82) is 0 Å². The minimum Gasteiger partial charge on any atom is -0.455 e. The Morgan fingerprint density at radius 3 is 2.66 bits per heavy atom. The van der Waals surface area contributed by atoms with Gasteiger partial charge in [-0.3, -0.25) is 14.4 Å². The molecule has 1 saturated heterocycles. The molecule has 1 atom stereocenters. The largest absolute Gasteiger partial charge is 0.455 e. The van der Waals surface area contributed by atoms with Crippen LogP contribution in [0.1, 0.15) is 23.1 Å². The number of ether oxygens (including phenoxy) is 1. The number of hydrogen-bond donors (Lipinski definition) is 1. The SMILES string of the molecule is Cc1cc(NC(=O)COC(=O)[C@@H]2CC(=O)N(c3cccc(C)c3C)C2)ccc1Br. The molecule has 0 radical (unpaired) electrons. The highest BCUT2D eigenvalue weighted by Crippen LogP contribution is 2.29. The molecule has 0 bridgehead atoms. The van der Waals surface area contributed by atoms with Crippen LogP contribution < -0.4 is 10.2 Å². The Labute approximate surface area is 178 Å². The van der Waals surface area contributed by atoms with Gasteiger partial charge in [0.15, 0.2) is 6.61 Å². The van der Waals surface area contributed by atoms with Gasteiger partial charge in [-0.1, -0.05) is 28.1 Å². The summed E-state index contributed by atoms with van der Waals surface area (Å²) in [5, 5.41) is 2.70. The lowest BCUT2D eigenvalue weighted by Gasteiger charge is -2.20. The monoisotopic (exact) mass is 458 g/mol. The topological polar surface area (TPSA) is 75.7 Å². The number of anilines is 2. The Morgan fingerprint density at radius 2 is 1.93 bits per heavy atom. The summed E-state index contributed by atoms with van der Waals surface area (Å²) in [5.74, 6) is -1.65. The van der Waals surface area contributed by atoms with Crippen LogP contribution in [-0.2, 0) is 19.1 Å². The predicted octanol–water partition coefficient (Wildman–Crippen LogP) is 3.91. The van der Waals surface area contributed by atoms with Crippen molar-refractivity contribution >= 4 is 45.1 Å². The third-order valence-corrected chi connectivity index (χ3v) is 6.00. The third-order valence-electron chi connectivity index (χ3n) is 5.11. The van der Waals surface area contributed by atoms with Gasteiger partial charge in [0.2, 0.25) is 5.91 Å². The Kier molecular flexibility index (Phi) is 6.37. The number of esters is 1. The number of nitrogens with zero attached hydrogens (tertiary/aromatic N) is 1. The number of carbonyl (C=O) groups is 3. The summed E-state index contributed by atoms with van der Waals surface area (Å²) >= 11 is 3.40. The quantitative estimate of drug-likeness (QED) is 0.689. The molecule has 6 nitrogen and oxygen atoms in total. The second-order valence-corrected chi connectivity index (χ2v) is 8.10. The first-order chi connectivity index (χ1) is 13.8. The zero-order valence-corrected chi connectivity index (χ0v) is 18.2. The van der Waals surface area contributed by atoms with Gasteiger partial charge in [0.25, 0.3) is 5.91 Å². The molecule has 29 heavy (non-hydrogen) atoms. The molecule has 2 aromatic rings. The lowest BCUT2D eigenvalue weighted by Crippen LogP contribution is -2.28. The first-order valence-corrected chi connectivity index (χ1v) is 10.1. The van der Waals surface area contributed by atoms with Crippen LogP contribution in [0.2, 0.25) is 0 Å². The van der Waals surface area contributed by atoms with Crippen molar-refractivity contribution < 1.29 is 19.1 Å². The highest BCUT2D eigenvalue weighted by Gasteiger charge is 2.37. The van der Waals surface area contributed by atoms with Crippen LogP contribution in [0.4, 0.5) is 11.4 Å². The van der Waals surface area contributed by atoms with Crippen LogP contribution in [0.5, 0.6) is 0 Å². The maximum absolute atomic E-state index is 12.4. The summed E-state index contributed by atoms with van der Waals surface area (Å²) in [7, 11) is 0. The van der Waals surface area contributed by atoms with Crippen molar-refractivity contribution in [2.75, 3.05) is 23.4 Å². The first kappa shape index (κ1) is 21.0. The fraction of sp³-hybridized carbons (Fsp3) is 0.318. The number of carbonyl (C=O) groups excluding carboxylic acids is 3. The minimum atomic E-state index is -0.579. The smallest absolute Gasteiger partial charge is 0.311 e. The lowest BCUT2D eigenvalue weighted by atomic mass is 10.1. The molecule has 152 valence electrons. The van der Waals surface area contributed by atoms with E-state index in [1.807, 2.05) is 51.1 Å². The summed E-state index contributed by atoms with van der Waals surface area (Å²) < 4.78 is 6.11. The van der Waals surface area contributed by atoms with E-state index in [-0.39, 0.29) is 25.5 Å². The van der Waals surface area contributed by atoms with Gasteiger partial charge < -0.3 is 15.0 Å². The molecule has 1 aliphatic heterocycles. The Balaban J connectivity index is 1.56. The average molecular weight is 459 g/mol. The van der Waals surface area contributed by atoms with Crippen molar-refractivity contribution in [3.8, 4) is 0 Å². The van der Waals surface area contributed by atoms with Crippen molar-refractivity contribution in [3.05, 3.63) is 57.6 Å². The Bertz CT molecular complexity index is 973.